The van der Waals surface area contributed by atoms with Gasteiger partial charge in [0.25, 0.3) is 0 Å². The molecule has 2 bridgehead atoms. The van der Waals surface area contributed by atoms with Gasteiger partial charge in [0.1, 0.15) is 23.4 Å². The summed E-state index contributed by atoms with van der Waals surface area (Å²) in [4.78, 5) is 4.60. The van der Waals surface area contributed by atoms with Crippen LogP contribution in [0.2, 0.25) is 0 Å². The van der Waals surface area contributed by atoms with Crippen molar-refractivity contribution < 1.29 is 8.78 Å². The molecule has 1 aromatic carbocycles. The van der Waals surface area contributed by atoms with E-state index in [2.05, 4.69) is 35.1 Å². The molecule has 2 aromatic heterocycles. The van der Waals surface area contributed by atoms with E-state index >= 15 is 0 Å². The summed E-state index contributed by atoms with van der Waals surface area (Å²) in [6.45, 7) is 4.35. The highest BCUT2D eigenvalue weighted by Crippen LogP contribution is 2.69. The predicted molar refractivity (Wildman–Crippen MR) is 103 cm³/mol. The van der Waals surface area contributed by atoms with Gasteiger partial charge in [0.15, 0.2) is 0 Å². The van der Waals surface area contributed by atoms with E-state index in [-0.39, 0.29) is 22.6 Å². The van der Waals surface area contributed by atoms with E-state index in [4.69, 9.17) is 0 Å². The average Bonchev–Trinajstić information content (AvgIpc) is 3.09. The number of nitriles is 1. The SMILES string of the molecule is CC1(C)[C@@H]2CC[C@@]1(c1cccc(C#N)n1)c1nnc(-c3c(F)cccc3F)cc12. The fraction of sp³-hybridized carbons (Fsp3) is 0.304. The van der Waals surface area contributed by atoms with E-state index in [1.54, 1.807) is 12.1 Å². The molecule has 0 saturated heterocycles. The minimum atomic E-state index is -0.653. The largest absolute Gasteiger partial charge is 0.241 e. The molecule has 2 atom stereocenters. The Morgan fingerprint density at radius 3 is 2.52 bits per heavy atom. The normalized spacial score (nSPS) is 23.6. The Labute approximate surface area is 167 Å². The van der Waals surface area contributed by atoms with Crippen LogP contribution in [0.15, 0.2) is 42.5 Å². The van der Waals surface area contributed by atoms with Crippen LogP contribution in [0.25, 0.3) is 11.3 Å². The fourth-order valence-electron chi connectivity index (χ4n) is 5.49. The van der Waals surface area contributed by atoms with Crippen molar-refractivity contribution in [2.24, 2.45) is 5.41 Å². The Hall–Kier alpha value is -3.20. The van der Waals surface area contributed by atoms with Crippen LogP contribution in [0, 0.1) is 28.4 Å². The summed E-state index contributed by atoms with van der Waals surface area (Å²) in [6.07, 6.45) is 1.77. The van der Waals surface area contributed by atoms with Crippen molar-refractivity contribution in [2.75, 3.05) is 0 Å². The molecular formula is C23H18F2N4. The lowest BCUT2D eigenvalue weighted by atomic mass is 9.66. The number of halogens is 2. The smallest absolute Gasteiger partial charge is 0.140 e. The molecule has 1 saturated carbocycles. The van der Waals surface area contributed by atoms with Crippen LogP contribution in [-0.2, 0) is 5.41 Å². The Morgan fingerprint density at radius 2 is 1.79 bits per heavy atom. The maximum Gasteiger partial charge on any atom is 0.140 e. The highest BCUT2D eigenvalue weighted by atomic mass is 19.1. The molecule has 6 heteroatoms. The molecule has 0 aliphatic heterocycles. The minimum absolute atomic E-state index is 0.151. The fourth-order valence-corrected chi connectivity index (χ4v) is 5.49. The summed E-state index contributed by atoms with van der Waals surface area (Å²) >= 11 is 0. The molecule has 2 aliphatic rings. The third kappa shape index (κ3) is 2.19. The van der Waals surface area contributed by atoms with Gasteiger partial charge in [-0.25, -0.2) is 13.8 Å². The zero-order valence-corrected chi connectivity index (χ0v) is 16.1. The summed E-state index contributed by atoms with van der Waals surface area (Å²) in [7, 11) is 0. The van der Waals surface area contributed by atoms with E-state index in [0.29, 0.717) is 5.69 Å². The van der Waals surface area contributed by atoms with Crippen molar-refractivity contribution >= 4 is 0 Å². The number of fused-ring (bicyclic) bond motifs is 5. The van der Waals surface area contributed by atoms with Crippen LogP contribution >= 0.6 is 0 Å². The Morgan fingerprint density at radius 1 is 1.07 bits per heavy atom. The van der Waals surface area contributed by atoms with Gasteiger partial charge in [-0.15, -0.1) is 5.10 Å². The van der Waals surface area contributed by atoms with Crippen LogP contribution in [-0.4, -0.2) is 15.2 Å². The lowest BCUT2D eigenvalue weighted by Crippen LogP contribution is -2.37. The molecule has 2 aliphatic carbocycles. The zero-order valence-electron chi connectivity index (χ0n) is 16.1. The first kappa shape index (κ1) is 17.9. The molecule has 144 valence electrons. The Balaban J connectivity index is 1.74. The summed E-state index contributed by atoms with van der Waals surface area (Å²) in [6, 6.07) is 13.1. The second kappa shape index (κ2) is 5.90. The van der Waals surface area contributed by atoms with Crippen LogP contribution in [0.1, 0.15) is 55.3 Å². The molecule has 0 spiro atoms. The Kier molecular flexibility index (Phi) is 3.63. The zero-order chi connectivity index (χ0) is 20.4. The van der Waals surface area contributed by atoms with E-state index in [1.165, 1.54) is 18.2 Å². The molecule has 2 heterocycles. The molecule has 0 unspecified atom stereocenters. The first-order valence-electron chi connectivity index (χ1n) is 9.60. The number of hydrogen-bond donors (Lipinski definition) is 0. The van der Waals surface area contributed by atoms with Crippen molar-refractivity contribution in [3.63, 3.8) is 0 Å². The molecule has 4 nitrogen and oxygen atoms in total. The number of nitrogens with zero attached hydrogens (tertiary/aromatic N) is 4. The standard InChI is InChI=1S/C23H18F2N4/c1-22(2)15-9-10-23(22,19-8-3-5-13(12-26)27-19)21-14(15)11-18(28-29-21)20-16(24)6-4-7-17(20)25/h3-8,11,15H,9-10H2,1-2H3/t15-,23-/m1/s1. The maximum atomic E-state index is 14.3. The van der Waals surface area contributed by atoms with Crippen LogP contribution in [0.3, 0.4) is 0 Å². The van der Waals surface area contributed by atoms with Gasteiger partial charge in [0.2, 0.25) is 0 Å². The third-order valence-electron chi connectivity index (χ3n) is 6.90. The first-order chi connectivity index (χ1) is 13.9. The minimum Gasteiger partial charge on any atom is -0.241 e. The summed E-state index contributed by atoms with van der Waals surface area (Å²) < 4.78 is 28.6. The summed E-state index contributed by atoms with van der Waals surface area (Å²) in [5.41, 5.74) is 2.32. The van der Waals surface area contributed by atoms with E-state index < -0.39 is 17.0 Å². The topological polar surface area (TPSA) is 62.5 Å². The second-order valence-electron chi connectivity index (χ2n) is 8.37. The van der Waals surface area contributed by atoms with Crippen LogP contribution in [0.5, 0.6) is 0 Å². The molecule has 0 amide bonds. The van der Waals surface area contributed by atoms with Crippen LogP contribution in [0.4, 0.5) is 8.78 Å². The monoisotopic (exact) mass is 388 g/mol. The van der Waals surface area contributed by atoms with E-state index in [0.717, 1.165) is 29.8 Å². The number of rotatable bonds is 2. The molecule has 0 N–H and O–H groups in total. The predicted octanol–water partition coefficient (Wildman–Crippen LogP) is 4.89. The molecule has 1 fully saturated rings. The van der Waals surface area contributed by atoms with Crippen molar-refractivity contribution in [2.45, 2.75) is 38.0 Å². The van der Waals surface area contributed by atoms with Gasteiger partial charge >= 0.3 is 0 Å². The highest BCUT2D eigenvalue weighted by molar-refractivity contribution is 5.64. The molecule has 3 aromatic rings. The van der Waals surface area contributed by atoms with Crippen molar-refractivity contribution in [1.29, 1.82) is 5.26 Å². The van der Waals surface area contributed by atoms with Gasteiger partial charge in [-0.05, 0) is 60.1 Å². The van der Waals surface area contributed by atoms with Crippen molar-refractivity contribution in [3.05, 3.63) is 76.7 Å². The first-order valence-corrected chi connectivity index (χ1v) is 9.60. The quantitative estimate of drug-likeness (QED) is 0.627. The van der Waals surface area contributed by atoms with Gasteiger partial charge < -0.3 is 0 Å². The summed E-state index contributed by atoms with van der Waals surface area (Å²) in [5, 5.41) is 18.0. The maximum absolute atomic E-state index is 14.3. The average molecular weight is 388 g/mol. The number of pyridine rings is 1. The van der Waals surface area contributed by atoms with Gasteiger partial charge in [-0.2, -0.15) is 10.4 Å². The van der Waals surface area contributed by atoms with Gasteiger partial charge in [-0.3, -0.25) is 0 Å². The molecule has 29 heavy (non-hydrogen) atoms. The number of aromatic nitrogens is 3. The summed E-state index contributed by atoms with van der Waals surface area (Å²) in [5.74, 6) is -1.13. The number of hydrogen-bond acceptors (Lipinski definition) is 4. The molecule has 5 rings (SSSR count). The lowest BCUT2D eigenvalue weighted by Gasteiger charge is -2.37. The van der Waals surface area contributed by atoms with Crippen molar-refractivity contribution in [1.82, 2.24) is 15.2 Å². The molecule has 0 radical (unpaired) electrons. The highest BCUT2D eigenvalue weighted by Gasteiger charge is 2.65. The van der Waals surface area contributed by atoms with Gasteiger partial charge in [0.05, 0.1) is 28.1 Å². The number of benzene rings is 1. The lowest BCUT2D eigenvalue weighted by molar-refractivity contribution is 0.243. The van der Waals surface area contributed by atoms with Crippen LogP contribution < -0.4 is 0 Å². The van der Waals surface area contributed by atoms with E-state index in [9.17, 15) is 14.0 Å². The third-order valence-corrected chi connectivity index (χ3v) is 6.90. The Bertz CT molecular complexity index is 1180. The molecular weight excluding hydrogens is 370 g/mol. The van der Waals surface area contributed by atoms with Crippen molar-refractivity contribution in [3.8, 4) is 17.3 Å². The van der Waals surface area contributed by atoms with E-state index in [1.807, 2.05) is 12.1 Å². The second-order valence-corrected chi connectivity index (χ2v) is 8.37. The van der Waals surface area contributed by atoms with Gasteiger partial charge in [0, 0.05) is 0 Å². The van der Waals surface area contributed by atoms with Gasteiger partial charge in [-0.1, -0.05) is 26.0 Å².